The maximum atomic E-state index is 14.1. The first-order valence-corrected chi connectivity index (χ1v) is 7.69. The first kappa shape index (κ1) is 16.9. The van der Waals surface area contributed by atoms with E-state index in [0.29, 0.717) is 23.4 Å². The fraction of sp³-hybridized carbons (Fsp3) is 0.333. The third kappa shape index (κ3) is 4.28. The highest BCUT2D eigenvalue weighted by atomic mass is 35.5. The Kier molecular flexibility index (Phi) is 5.92. The van der Waals surface area contributed by atoms with E-state index in [1.165, 1.54) is 6.07 Å². The maximum absolute atomic E-state index is 14.1. The molecular formula is C18H19ClF2O. The highest BCUT2D eigenvalue weighted by molar-refractivity contribution is 6.30. The molecule has 2 aromatic carbocycles. The van der Waals surface area contributed by atoms with E-state index in [-0.39, 0.29) is 18.4 Å². The summed E-state index contributed by atoms with van der Waals surface area (Å²) < 4.78 is 27.7. The molecule has 2 rings (SSSR count). The number of halogens is 3. The molecule has 0 spiro atoms. The van der Waals surface area contributed by atoms with E-state index < -0.39 is 11.6 Å². The fourth-order valence-electron chi connectivity index (χ4n) is 2.70. The summed E-state index contributed by atoms with van der Waals surface area (Å²) in [5.41, 5.74) is 1.36. The molecule has 2 unspecified atom stereocenters. The van der Waals surface area contributed by atoms with Crippen molar-refractivity contribution < 1.29 is 13.9 Å². The second-order valence-electron chi connectivity index (χ2n) is 5.59. The molecule has 0 radical (unpaired) electrons. The molecule has 0 saturated carbocycles. The predicted octanol–water partition coefficient (Wildman–Crippen LogP) is 4.96. The van der Waals surface area contributed by atoms with Crippen molar-refractivity contribution in [2.45, 2.75) is 25.7 Å². The molecule has 0 aliphatic rings. The molecule has 0 aromatic heterocycles. The molecule has 0 fully saturated rings. The van der Waals surface area contributed by atoms with Crippen molar-refractivity contribution in [1.82, 2.24) is 0 Å². The second kappa shape index (κ2) is 7.70. The normalized spacial score (nSPS) is 13.9. The highest BCUT2D eigenvalue weighted by Gasteiger charge is 2.23. The molecule has 0 aliphatic carbocycles. The first-order chi connectivity index (χ1) is 10.5. The van der Waals surface area contributed by atoms with Gasteiger partial charge in [0, 0.05) is 11.6 Å². The largest absolute Gasteiger partial charge is 0.396 e. The minimum Gasteiger partial charge on any atom is -0.396 e. The van der Waals surface area contributed by atoms with Crippen molar-refractivity contribution in [3.05, 3.63) is 70.2 Å². The zero-order valence-corrected chi connectivity index (χ0v) is 13.2. The van der Waals surface area contributed by atoms with Gasteiger partial charge in [-0.2, -0.15) is 0 Å². The number of rotatable bonds is 6. The van der Waals surface area contributed by atoms with Crippen LogP contribution in [0.15, 0.2) is 42.5 Å². The molecule has 0 aliphatic heterocycles. The third-order valence-electron chi connectivity index (χ3n) is 4.00. The van der Waals surface area contributed by atoms with Crippen LogP contribution in [0, 0.1) is 17.6 Å². The van der Waals surface area contributed by atoms with E-state index in [1.54, 1.807) is 12.1 Å². The highest BCUT2D eigenvalue weighted by Crippen LogP contribution is 2.33. The Morgan fingerprint density at radius 3 is 2.41 bits per heavy atom. The molecule has 0 bridgehead atoms. The summed E-state index contributed by atoms with van der Waals surface area (Å²) in [6, 6.07) is 10.9. The molecular weight excluding hydrogens is 306 g/mol. The molecule has 1 N–H and O–H groups in total. The number of benzene rings is 2. The fourth-order valence-corrected chi connectivity index (χ4v) is 2.82. The molecule has 22 heavy (non-hydrogen) atoms. The molecule has 0 heterocycles. The summed E-state index contributed by atoms with van der Waals surface area (Å²) in [6.45, 7) is 1.97. The van der Waals surface area contributed by atoms with E-state index in [9.17, 15) is 13.9 Å². The van der Waals surface area contributed by atoms with Gasteiger partial charge in [0.25, 0.3) is 0 Å². The van der Waals surface area contributed by atoms with E-state index in [2.05, 4.69) is 0 Å². The lowest BCUT2D eigenvalue weighted by Gasteiger charge is -2.25. The zero-order chi connectivity index (χ0) is 16.1. The number of aliphatic hydroxyl groups excluding tert-OH is 1. The Morgan fingerprint density at radius 1 is 1.09 bits per heavy atom. The molecule has 2 atom stereocenters. The average Bonchev–Trinajstić information content (AvgIpc) is 2.49. The van der Waals surface area contributed by atoms with Crippen LogP contribution in [0.4, 0.5) is 8.78 Å². The van der Waals surface area contributed by atoms with Crippen molar-refractivity contribution in [2.75, 3.05) is 6.61 Å². The topological polar surface area (TPSA) is 20.2 Å². The lowest BCUT2D eigenvalue weighted by Crippen LogP contribution is -2.16. The van der Waals surface area contributed by atoms with Gasteiger partial charge in [0.15, 0.2) is 0 Å². The second-order valence-corrected chi connectivity index (χ2v) is 6.03. The van der Waals surface area contributed by atoms with Crippen LogP contribution in [-0.4, -0.2) is 11.7 Å². The quantitative estimate of drug-likeness (QED) is 0.796. The smallest absolute Gasteiger partial charge is 0.126 e. The summed E-state index contributed by atoms with van der Waals surface area (Å²) in [6.07, 6.45) is 1.10. The van der Waals surface area contributed by atoms with Crippen molar-refractivity contribution in [3.8, 4) is 0 Å². The Balaban J connectivity index is 2.33. The molecule has 2 aromatic rings. The molecule has 1 nitrogen and oxygen atoms in total. The van der Waals surface area contributed by atoms with Crippen LogP contribution < -0.4 is 0 Å². The summed E-state index contributed by atoms with van der Waals surface area (Å²) in [7, 11) is 0. The van der Waals surface area contributed by atoms with E-state index in [0.717, 1.165) is 17.7 Å². The van der Waals surface area contributed by atoms with Gasteiger partial charge < -0.3 is 5.11 Å². The average molecular weight is 325 g/mol. The van der Waals surface area contributed by atoms with Crippen LogP contribution in [0.2, 0.25) is 5.02 Å². The summed E-state index contributed by atoms with van der Waals surface area (Å²) in [5.74, 6) is -1.04. The van der Waals surface area contributed by atoms with Gasteiger partial charge in [-0.25, -0.2) is 8.78 Å². The van der Waals surface area contributed by atoms with Crippen LogP contribution in [0.3, 0.4) is 0 Å². The molecule has 118 valence electrons. The van der Waals surface area contributed by atoms with Crippen molar-refractivity contribution in [1.29, 1.82) is 0 Å². The maximum Gasteiger partial charge on any atom is 0.126 e. The Labute approximate surface area is 134 Å². The van der Waals surface area contributed by atoms with Crippen molar-refractivity contribution in [2.24, 2.45) is 5.92 Å². The summed E-state index contributed by atoms with van der Waals surface area (Å²) in [5, 5.41) is 9.81. The van der Waals surface area contributed by atoms with Crippen LogP contribution in [0.1, 0.15) is 30.4 Å². The molecule has 0 saturated heterocycles. The van der Waals surface area contributed by atoms with Gasteiger partial charge in [0.2, 0.25) is 0 Å². The third-order valence-corrected chi connectivity index (χ3v) is 4.25. The van der Waals surface area contributed by atoms with Crippen molar-refractivity contribution >= 4 is 11.6 Å². The van der Waals surface area contributed by atoms with Gasteiger partial charge >= 0.3 is 0 Å². The lowest BCUT2D eigenvalue weighted by atomic mass is 9.80. The number of hydrogen-bond acceptors (Lipinski definition) is 1. The Morgan fingerprint density at radius 2 is 1.77 bits per heavy atom. The van der Waals surface area contributed by atoms with Crippen LogP contribution in [0.5, 0.6) is 0 Å². The van der Waals surface area contributed by atoms with Gasteiger partial charge in [-0.05, 0) is 66.1 Å². The van der Waals surface area contributed by atoms with Gasteiger partial charge in [0.1, 0.15) is 11.6 Å². The van der Waals surface area contributed by atoms with Gasteiger partial charge in [-0.15, -0.1) is 0 Å². The Bertz CT molecular complexity index is 613. The summed E-state index contributed by atoms with van der Waals surface area (Å²) in [4.78, 5) is 0. The number of hydrogen-bond donors (Lipinski definition) is 1. The van der Waals surface area contributed by atoms with Crippen LogP contribution in [0.25, 0.3) is 0 Å². The molecule has 4 heteroatoms. The van der Waals surface area contributed by atoms with Gasteiger partial charge in [-0.1, -0.05) is 30.7 Å². The van der Waals surface area contributed by atoms with Gasteiger partial charge in [-0.3, -0.25) is 0 Å². The van der Waals surface area contributed by atoms with Gasteiger partial charge in [0.05, 0.1) is 0 Å². The van der Waals surface area contributed by atoms with Crippen molar-refractivity contribution in [3.63, 3.8) is 0 Å². The van der Waals surface area contributed by atoms with E-state index in [1.807, 2.05) is 19.1 Å². The number of aliphatic hydroxyl groups is 1. The zero-order valence-electron chi connectivity index (χ0n) is 12.4. The van der Waals surface area contributed by atoms with E-state index in [4.69, 9.17) is 11.6 Å². The van der Waals surface area contributed by atoms with Crippen LogP contribution >= 0.6 is 11.6 Å². The minimum absolute atomic E-state index is 0.0230. The SMILES string of the molecule is CC(CCO)C(Cc1ccc(Cl)cc1)c1cc(F)ccc1F. The predicted molar refractivity (Wildman–Crippen MR) is 85.1 cm³/mol. The monoisotopic (exact) mass is 324 g/mol. The summed E-state index contributed by atoms with van der Waals surface area (Å²) >= 11 is 5.88. The molecule has 0 amide bonds. The van der Waals surface area contributed by atoms with E-state index >= 15 is 0 Å². The minimum atomic E-state index is -0.450. The Hall–Kier alpha value is -1.45. The standard InChI is InChI=1S/C18H19ClF2O/c1-12(8-9-22)16(10-13-2-4-14(19)5-3-13)17-11-15(20)6-7-18(17)21/h2-7,11-12,16,22H,8-10H2,1H3. The first-order valence-electron chi connectivity index (χ1n) is 7.31. The lowest BCUT2D eigenvalue weighted by molar-refractivity contribution is 0.247. The van der Waals surface area contributed by atoms with Crippen LogP contribution in [-0.2, 0) is 6.42 Å².